The number of hydrogen-bond donors (Lipinski definition) is 0. The first-order valence-corrected chi connectivity index (χ1v) is 19.6. The van der Waals surface area contributed by atoms with Crippen molar-refractivity contribution in [1.82, 2.24) is 14.5 Å². The molecule has 0 aliphatic carbocycles. The normalized spacial score (nSPS) is 10.9. The molecule has 0 unspecified atom stereocenters. The molecule has 3 heterocycles. The van der Waals surface area contributed by atoms with E-state index >= 15 is 0 Å². The maximum absolute atomic E-state index is 6.13. The number of aromatic nitrogens is 3. The van der Waals surface area contributed by atoms with Crippen LogP contribution < -0.4 is 0 Å². The first-order valence-electron chi connectivity index (χ1n) is 19.6. The summed E-state index contributed by atoms with van der Waals surface area (Å²) in [7, 11) is 0. The summed E-state index contributed by atoms with van der Waals surface area (Å²) in [5, 5.41) is 0.989. The van der Waals surface area contributed by atoms with Crippen LogP contribution in [-0.4, -0.2) is 14.5 Å². The first-order chi connectivity index (χ1) is 28.4. The van der Waals surface area contributed by atoms with E-state index in [0.29, 0.717) is 0 Å². The topological polar surface area (TPSA) is 43.9 Å². The van der Waals surface area contributed by atoms with Gasteiger partial charge >= 0.3 is 0 Å². The van der Waals surface area contributed by atoms with E-state index in [-0.39, 0.29) is 20.1 Å². The molecule has 4 nitrogen and oxygen atoms in total. The molecular weight excluding hydrogens is 899 g/mol. The van der Waals surface area contributed by atoms with Crippen molar-refractivity contribution < 1.29 is 24.5 Å². The Morgan fingerprint density at radius 2 is 1.20 bits per heavy atom. The van der Waals surface area contributed by atoms with Crippen molar-refractivity contribution in [3.8, 4) is 61.7 Å². The fraction of sp³-hybridized carbons (Fsp3) is 0.0741. The molecule has 0 bridgehead atoms. The van der Waals surface area contributed by atoms with Crippen molar-refractivity contribution >= 4 is 22.0 Å². The Morgan fingerprint density at radius 1 is 0.576 bits per heavy atom. The van der Waals surface area contributed by atoms with Crippen molar-refractivity contribution in [3.05, 3.63) is 211 Å². The number of hydrogen-bond acceptors (Lipinski definition) is 3. The van der Waals surface area contributed by atoms with Gasteiger partial charge < -0.3 is 14.0 Å². The van der Waals surface area contributed by atoms with Crippen molar-refractivity contribution in [1.29, 1.82) is 0 Å². The Balaban J connectivity index is 0.000000319. The van der Waals surface area contributed by atoms with Crippen LogP contribution in [0.5, 0.6) is 0 Å². The number of furan rings is 1. The Labute approximate surface area is 359 Å². The first kappa shape index (κ1) is 39.2. The van der Waals surface area contributed by atoms with Gasteiger partial charge in [0.25, 0.3) is 0 Å². The molecule has 3 aromatic heterocycles. The molecule has 5 heteroatoms. The van der Waals surface area contributed by atoms with Crippen LogP contribution in [-0.2, 0) is 20.1 Å². The zero-order chi connectivity index (χ0) is 39.6. The Bertz CT molecular complexity index is 2900. The summed E-state index contributed by atoms with van der Waals surface area (Å²) in [5.74, 6) is 0.799. The monoisotopic (exact) mass is 940 g/mol. The van der Waals surface area contributed by atoms with Gasteiger partial charge in [0.2, 0.25) is 0 Å². The molecule has 10 aromatic rings. The molecule has 0 atom stereocenters. The van der Waals surface area contributed by atoms with Gasteiger partial charge in [-0.1, -0.05) is 132 Å². The summed E-state index contributed by atoms with van der Waals surface area (Å²) in [4.78, 5) is 9.51. The number of rotatable bonds is 6. The third-order valence-corrected chi connectivity index (χ3v) is 10.6. The molecule has 0 spiro atoms. The molecule has 0 amide bonds. The van der Waals surface area contributed by atoms with Gasteiger partial charge in [-0.2, -0.15) is 0 Å². The fourth-order valence-electron chi connectivity index (χ4n) is 8.12. The van der Waals surface area contributed by atoms with Gasteiger partial charge in [-0.25, -0.2) is 0 Å². The van der Waals surface area contributed by atoms with Gasteiger partial charge in [0, 0.05) is 49.3 Å². The largest absolute Gasteiger partial charge is 0.557 e. The molecule has 7 aromatic carbocycles. The standard InChI is InChI=1S/C43H33N2O.C11H8N.Ir/c1-27-21-29(3)41(30(4)22-27)33-19-20-40-36(25-33)37(26-46-40)43-44-38-17-11-12-18-39(38)45(43)42-34(31-13-7-5-8-14-31)23-28(2)24-35(42)32-15-9-6-10-16-32;1-2-6-10(7-3-1)11-8-4-5-9-12-11;/h5-25H,1-4H3;1-6,8-9H;/q2*-1;. The van der Waals surface area contributed by atoms with Crippen molar-refractivity contribution in [2.45, 2.75) is 27.7 Å². The summed E-state index contributed by atoms with van der Waals surface area (Å²) >= 11 is 0. The third kappa shape index (κ3) is 7.83. The molecule has 0 aliphatic heterocycles. The number of pyridine rings is 1. The van der Waals surface area contributed by atoms with Crippen LogP contribution in [0.2, 0.25) is 0 Å². The Morgan fingerprint density at radius 3 is 1.85 bits per heavy atom. The zero-order valence-electron chi connectivity index (χ0n) is 33.3. The zero-order valence-corrected chi connectivity index (χ0v) is 35.7. The molecule has 1 radical (unpaired) electrons. The van der Waals surface area contributed by atoms with Crippen molar-refractivity contribution in [3.63, 3.8) is 0 Å². The summed E-state index contributed by atoms with van der Waals surface area (Å²) in [6, 6.07) is 62.0. The van der Waals surface area contributed by atoms with Crippen LogP contribution in [0.1, 0.15) is 22.3 Å². The minimum atomic E-state index is 0. The third-order valence-electron chi connectivity index (χ3n) is 10.6. The predicted octanol–water partition coefficient (Wildman–Crippen LogP) is 14.0. The summed E-state index contributed by atoms with van der Waals surface area (Å²) in [6.45, 7) is 8.70. The number of aryl methyl sites for hydroxylation is 4. The molecule has 0 saturated carbocycles. The quantitative estimate of drug-likeness (QED) is 0.156. The molecule has 10 rings (SSSR count). The number of para-hydroxylation sites is 2. The van der Waals surface area contributed by atoms with E-state index in [1.807, 2.05) is 48.5 Å². The van der Waals surface area contributed by atoms with Crippen molar-refractivity contribution in [2.75, 3.05) is 0 Å². The smallest absolute Gasteiger partial charge is 0.0774 e. The molecule has 0 N–H and O–H groups in total. The maximum atomic E-state index is 6.13. The van der Waals surface area contributed by atoms with E-state index in [0.717, 1.165) is 78.2 Å². The van der Waals surface area contributed by atoms with E-state index in [2.05, 4.69) is 171 Å². The Kier molecular flexibility index (Phi) is 11.3. The van der Waals surface area contributed by atoms with Crippen LogP contribution >= 0.6 is 0 Å². The van der Waals surface area contributed by atoms with E-state index in [1.165, 1.54) is 27.8 Å². The van der Waals surface area contributed by atoms with E-state index in [9.17, 15) is 0 Å². The van der Waals surface area contributed by atoms with Crippen LogP contribution in [0.3, 0.4) is 0 Å². The van der Waals surface area contributed by atoms with E-state index in [1.54, 1.807) is 6.20 Å². The molecule has 289 valence electrons. The second-order valence-corrected chi connectivity index (χ2v) is 14.8. The summed E-state index contributed by atoms with van der Waals surface area (Å²) in [5.41, 5.74) is 18.6. The maximum Gasteiger partial charge on any atom is 0.0774 e. The van der Waals surface area contributed by atoms with Crippen LogP contribution in [0.4, 0.5) is 0 Å². The molecular formula is C54H41IrN3O-2. The summed E-state index contributed by atoms with van der Waals surface area (Å²) < 4.78 is 8.45. The minimum absolute atomic E-state index is 0. The van der Waals surface area contributed by atoms with Gasteiger partial charge in [-0.05, 0) is 103 Å². The SMILES string of the molecule is Cc1cc(C)c(-c2ccc3o[c-]c(-c4nc5ccccc5n4-c4c(-c5ccccc5)cc(C)cc4-c4ccccc4)c3c2)c(C)c1.[Ir].[c-]1ccccc1-c1ccccn1. The van der Waals surface area contributed by atoms with Gasteiger partial charge in [0.1, 0.15) is 0 Å². The molecule has 0 saturated heterocycles. The Hall–Kier alpha value is -6.65. The fourth-order valence-corrected chi connectivity index (χ4v) is 8.12. The molecule has 0 fully saturated rings. The van der Waals surface area contributed by atoms with E-state index < -0.39 is 0 Å². The number of fused-ring (bicyclic) bond motifs is 2. The number of benzene rings is 7. The predicted molar refractivity (Wildman–Crippen MR) is 239 cm³/mol. The second-order valence-electron chi connectivity index (χ2n) is 14.8. The van der Waals surface area contributed by atoms with Gasteiger partial charge in [-0.15, -0.1) is 35.9 Å². The van der Waals surface area contributed by atoms with Gasteiger partial charge in [-0.3, -0.25) is 4.98 Å². The average Bonchev–Trinajstić information content (AvgIpc) is 3.86. The number of imidazole rings is 1. The van der Waals surface area contributed by atoms with Crippen LogP contribution in [0.25, 0.3) is 83.7 Å². The second kappa shape index (κ2) is 17.1. The summed E-state index contributed by atoms with van der Waals surface area (Å²) in [6.07, 6.45) is 5.08. The molecule has 0 aliphatic rings. The van der Waals surface area contributed by atoms with Crippen LogP contribution in [0, 0.1) is 40.0 Å². The van der Waals surface area contributed by atoms with Crippen molar-refractivity contribution in [2.24, 2.45) is 0 Å². The molecule has 59 heavy (non-hydrogen) atoms. The van der Waals surface area contributed by atoms with Gasteiger partial charge in [0.05, 0.1) is 22.5 Å². The minimum Gasteiger partial charge on any atom is -0.557 e. The van der Waals surface area contributed by atoms with Gasteiger partial charge in [0.15, 0.2) is 0 Å². The van der Waals surface area contributed by atoms with E-state index in [4.69, 9.17) is 9.40 Å². The number of nitrogens with zero attached hydrogens (tertiary/aromatic N) is 3. The average molecular weight is 940 g/mol. The van der Waals surface area contributed by atoms with Crippen LogP contribution in [0.15, 0.2) is 180 Å².